The van der Waals surface area contributed by atoms with E-state index < -0.39 is 0 Å². The Labute approximate surface area is 112 Å². The van der Waals surface area contributed by atoms with Crippen LogP contribution in [0, 0.1) is 13.8 Å². The number of nitrogen functional groups attached to an aromatic ring is 1. The minimum Gasteiger partial charge on any atom is -0.485 e. The van der Waals surface area contributed by atoms with Gasteiger partial charge in [0.1, 0.15) is 6.61 Å². The lowest BCUT2D eigenvalue weighted by Crippen LogP contribution is -2.00. The zero-order valence-corrected chi connectivity index (χ0v) is 11.3. The molecule has 2 N–H and O–H groups in total. The third kappa shape index (κ3) is 2.96. The molecule has 18 heavy (non-hydrogen) atoms. The maximum absolute atomic E-state index is 6.05. The van der Waals surface area contributed by atoms with Crippen LogP contribution in [0.3, 0.4) is 0 Å². The fraction of sp³-hybridized carbons (Fsp3) is 0.200. The Bertz CT molecular complexity index is 526. The number of halogens is 1. The molecule has 3 heteroatoms. The number of benzene rings is 2. The molecular weight excluding hydrogens is 246 g/mol. The van der Waals surface area contributed by atoms with Crippen LogP contribution in [0.5, 0.6) is 5.75 Å². The Morgan fingerprint density at radius 1 is 1.11 bits per heavy atom. The molecule has 0 aliphatic carbocycles. The van der Waals surface area contributed by atoms with Gasteiger partial charge in [-0.15, -0.1) is 0 Å². The second kappa shape index (κ2) is 5.32. The van der Waals surface area contributed by atoms with Crippen molar-refractivity contribution < 1.29 is 4.74 Å². The topological polar surface area (TPSA) is 35.2 Å². The van der Waals surface area contributed by atoms with Gasteiger partial charge in [-0.3, -0.25) is 0 Å². The van der Waals surface area contributed by atoms with Crippen molar-refractivity contribution in [2.75, 3.05) is 5.73 Å². The van der Waals surface area contributed by atoms with E-state index in [-0.39, 0.29) is 0 Å². The lowest BCUT2D eigenvalue weighted by Gasteiger charge is -2.11. The van der Waals surface area contributed by atoms with Gasteiger partial charge < -0.3 is 10.5 Å². The van der Waals surface area contributed by atoms with E-state index in [4.69, 9.17) is 22.1 Å². The first-order valence-electron chi connectivity index (χ1n) is 5.80. The highest BCUT2D eigenvalue weighted by molar-refractivity contribution is 6.32. The fourth-order valence-electron chi connectivity index (χ4n) is 1.99. The minimum absolute atomic E-state index is 0.469. The van der Waals surface area contributed by atoms with Crippen LogP contribution in [0.25, 0.3) is 0 Å². The molecule has 0 heterocycles. The molecule has 0 fully saturated rings. The maximum Gasteiger partial charge on any atom is 0.161 e. The smallest absolute Gasteiger partial charge is 0.161 e. The van der Waals surface area contributed by atoms with Crippen LogP contribution in [-0.2, 0) is 6.61 Å². The van der Waals surface area contributed by atoms with Crippen molar-refractivity contribution in [3.05, 3.63) is 58.1 Å². The second-order valence-electron chi connectivity index (χ2n) is 4.44. The van der Waals surface area contributed by atoms with Crippen LogP contribution in [0.1, 0.15) is 16.7 Å². The van der Waals surface area contributed by atoms with Gasteiger partial charge in [0.15, 0.2) is 5.75 Å². The van der Waals surface area contributed by atoms with Gasteiger partial charge in [0, 0.05) is 0 Å². The quantitative estimate of drug-likeness (QED) is 0.844. The molecule has 2 rings (SSSR count). The predicted molar refractivity (Wildman–Crippen MR) is 76.1 cm³/mol. The van der Waals surface area contributed by atoms with Crippen molar-refractivity contribution in [2.24, 2.45) is 0 Å². The number of anilines is 1. The minimum atomic E-state index is 0.469. The van der Waals surface area contributed by atoms with Crippen molar-refractivity contribution in [3.63, 3.8) is 0 Å². The van der Waals surface area contributed by atoms with Crippen LogP contribution in [0.4, 0.5) is 5.69 Å². The third-order valence-electron chi connectivity index (χ3n) is 2.66. The summed E-state index contributed by atoms with van der Waals surface area (Å²) in [6.45, 7) is 4.61. The summed E-state index contributed by atoms with van der Waals surface area (Å²) < 4.78 is 5.71. The van der Waals surface area contributed by atoms with Gasteiger partial charge in [-0.2, -0.15) is 0 Å². The molecular formula is C15H16ClNO. The number of aryl methyl sites for hydroxylation is 2. The maximum atomic E-state index is 6.05. The normalized spacial score (nSPS) is 10.4. The molecule has 0 spiro atoms. The van der Waals surface area contributed by atoms with Gasteiger partial charge in [0.25, 0.3) is 0 Å². The summed E-state index contributed by atoms with van der Waals surface area (Å²) in [7, 11) is 0. The van der Waals surface area contributed by atoms with Crippen molar-refractivity contribution >= 4 is 17.3 Å². The highest BCUT2D eigenvalue weighted by Crippen LogP contribution is 2.31. The van der Waals surface area contributed by atoms with Crippen molar-refractivity contribution in [3.8, 4) is 5.75 Å². The molecule has 0 aromatic heterocycles. The van der Waals surface area contributed by atoms with E-state index >= 15 is 0 Å². The summed E-state index contributed by atoms with van der Waals surface area (Å²) >= 11 is 6.05. The molecule has 0 aliphatic rings. The van der Waals surface area contributed by atoms with Gasteiger partial charge in [-0.25, -0.2) is 0 Å². The number of rotatable bonds is 3. The monoisotopic (exact) mass is 261 g/mol. The average molecular weight is 262 g/mol. The number of ether oxygens (including phenoxy) is 1. The highest BCUT2D eigenvalue weighted by atomic mass is 35.5. The molecule has 0 aliphatic heterocycles. The molecule has 94 valence electrons. The number of para-hydroxylation sites is 1. The summed E-state index contributed by atoms with van der Waals surface area (Å²) in [5.74, 6) is 0.554. The molecule has 0 saturated carbocycles. The van der Waals surface area contributed by atoms with Gasteiger partial charge in [0.2, 0.25) is 0 Å². The second-order valence-corrected chi connectivity index (χ2v) is 4.85. The average Bonchev–Trinajstić information content (AvgIpc) is 2.27. The summed E-state index contributed by atoms with van der Waals surface area (Å²) in [6, 6.07) is 11.7. The molecule has 0 radical (unpaired) electrons. The standard InChI is InChI=1S/C15H16ClNO/c1-10-6-11(2)8-12(7-10)9-18-15-13(16)4-3-5-14(15)17/h3-8H,9,17H2,1-2H3. The molecule has 0 amide bonds. The van der Waals surface area contributed by atoms with Gasteiger partial charge in [-0.1, -0.05) is 47.0 Å². The Kier molecular flexibility index (Phi) is 3.78. The fourth-order valence-corrected chi connectivity index (χ4v) is 2.22. The molecule has 0 unspecified atom stereocenters. The first-order valence-corrected chi connectivity index (χ1v) is 6.18. The van der Waals surface area contributed by atoms with Crippen LogP contribution in [0.15, 0.2) is 36.4 Å². The van der Waals surface area contributed by atoms with E-state index in [0.717, 1.165) is 5.56 Å². The van der Waals surface area contributed by atoms with Gasteiger partial charge in [0.05, 0.1) is 10.7 Å². The predicted octanol–water partition coefficient (Wildman–Crippen LogP) is 4.12. The molecule has 0 atom stereocenters. The zero-order valence-electron chi connectivity index (χ0n) is 10.5. The first-order chi connectivity index (χ1) is 8.56. The summed E-state index contributed by atoms with van der Waals surface area (Å²) in [6.07, 6.45) is 0. The summed E-state index contributed by atoms with van der Waals surface area (Å²) in [5, 5.41) is 0.541. The van der Waals surface area contributed by atoms with E-state index in [0.29, 0.717) is 23.1 Å². The molecule has 2 nitrogen and oxygen atoms in total. The van der Waals surface area contributed by atoms with Crippen LogP contribution >= 0.6 is 11.6 Å². The molecule has 2 aromatic carbocycles. The lowest BCUT2D eigenvalue weighted by molar-refractivity contribution is 0.308. The molecule has 0 saturated heterocycles. The van der Waals surface area contributed by atoms with Crippen LogP contribution in [-0.4, -0.2) is 0 Å². The van der Waals surface area contributed by atoms with Crippen molar-refractivity contribution in [2.45, 2.75) is 20.5 Å². The van der Waals surface area contributed by atoms with E-state index in [1.54, 1.807) is 18.2 Å². The first kappa shape index (κ1) is 12.8. The summed E-state index contributed by atoms with van der Waals surface area (Å²) in [5.41, 5.74) is 9.96. The highest BCUT2D eigenvalue weighted by Gasteiger charge is 2.06. The lowest BCUT2D eigenvalue weighted by atomic mass is 10.1. The van der Waals surface area contributed by atoms with Gasteiger partial charge in [-0.05, 0) is 31.5 Å². The van der Waals surface area contributed by atoms with Crippen molar-refractivity contribution in [1.82, 2.24) is 0 Å². The summed E-state index contributed by atoms with van der Waals surface area (Å²) in [4.78, 5) is 0. The Morgan fingerprint density at radius 3 is 2.39 bits per heavy atom. The Hall–Kier alpha value is -1.67. The van der Waals surface area contributed by atoms with E-state index in [2.05, 4.69) is 32.0 Å². The Balaban J connectivity index is 2.16. The van der Waals surface area contributed by atoms with E-state index in [1.165, 1.54) is 11.1 Å². The SMILES string of the molecule is Cc1cc(C)cc(COc2c(N)cccc2Cl)c1. The third-order valence-corrected chi connectivity index (χ3v) is 2.96. The van der Waals surface area contributed by atoms with Crippen LogP contribution < -0.4 is 10.5 Å². The zero-order chi connectivity index (χ0) is 13.1. The molecule has 0 bridgehead atoms. The number of hydrogen-bond donors (Lipinski definition) is 1. The number of nitrogens with two attached hydrogens (primary N) is 1. The Morgan fingerprint density at radius 2 is 1.78 bits per heavy atom. The number of hydrogen-bond acceptors (Lipinski definition) is 2. The van der Waals surface area contributed by atoms with Crippen molar-refractivity contribution in [1.29, 1.82) is 0 Å². The van der Waals surface area contributed by atoms with E-state index in [9.17, 15) is 0 Å². The van der Waals surface area contributed by atoms with Gasteiger partial charge >= 0.3 is 0 Å². The largest absolute Gasteiger partial charge is 0.485 e. The van der Waals surface area contributed by atoms with Crippen LogP contribution in [0.2, 0.25) is 5.02 Å². The molecule has 2 aromatic rings. The van der Waals surface area contributed by atoms with E-state index in [1.807, 2.05) is 0 Å².